The highest BCUT2D eigenvalue weighted by molar-refractivity contribution is 7.15. The molecule has 7 heteroatoms. The lowest BCUT2D eigenvalue weighted by molar-refractivity contribution is -0.111. The Bertz CT molecular complexity index is 1530. The number of hydrogen-bond acceptors (Lipinski definition) is 6. The predicted molar refractivity (Wildman–Crippen MR) is 133 cm³/mol. The molecule has 0 fully saturated rings. The van der Waals surface area contributed by atoms with Crippen molar-refractivity contribution in [2.75, 3.05) is 12.4 Å². The molecule has 0 bridgehead atoms. The van der Waals surface area contributed by atoms with Gasteiger partial charge in [0.2, 0.25) is 11.0 Å². The highest BCUT2D eigenvalue weighted by Crippen LogP contribution is 2.39. The third-order valence-corrected chi connectivity index (χ3v) is 6.26. The number of rotatable bonds is 5. The molecule has 0 radical (unpaired) electrons. The summed E-state index contributed by atoms with van der Waals surface area (Å²) in [7, 11) is 1.61. The van der Waals surface area contributed by atoms with Crippen molar-refractivity contribution in [3.05, 3.63) is 77.5 Å². The zero-order chi connectivity index (χ0) is 22.9. The Morgan fingerprint density at radius 2 is 1.88 bits per heavy atom. The second-order valence-electron chi connectivity index (χ2n) is 7.67. The molecular weight excluding hydrogens is 434 g/mol. The summed E-state index contributed by atoms with van der Waals surface area (Å²) in [5.74, 6) is 0.363. The molecule has 6 nitrogen and oxygen atoms in total. The predicted octanol–water partition coefficient (Wildman–Crippen LogP) is 6.46. The third-order valence-electron chi connectivity index (χ3n) is 5.50. The topological polar surface area (TPSA) is 77.2 Å². The highest BCUT2D eigenvalue weighted by atomic mass is 32.1. The maximum atomic E-state index is 12.5. The van der Waals surface area contributed by atoms with Crippen LogP contribution in [0, 0.1) is 6.92 Å². The van der Waals surface area contributed by atoms with Gasteiger partial charge in [0.25, 0.3) is 0 Å². The first-order valence-electron chi connectivity index (χ1n) is 10.4. The molecule has 3 aromatic carbocycles. The van der Waals surface area contributed by atoms with Crippen LogP contribution in [0.2, 0.25) is 0 Å². The summed E-state index contributed by atoms with van der Waals surface area (Å²) in [4.78, 5) is 12.5. The fourth-order valence-corrected chi connectivity index (χ4v) is 4.56. The van der Waals surface area contributed by atoms with E-state index in [-0.39, 0.29) is 5.91 Å². The summed E-state index contributed by atoms with van der Waals surface area (Å²) in [5.41, 5.74) is 4.38. The Morgan fingerprint density at radius 3 is 2.67 bits per heavy atom. The van der Waals surface area contributed by atoms with Gasteiger partial charge in [-0.15, -0.1) is 10.2 Å². The summed E-state index contributed by atoms with van der Waals surface area (Å²) in [6, 6.07) is 18.4. The van der Waals surface area contributed by atoms with Crippen LogP contribution in [0.25, 0.3) is 38.4 Å². The number of methoxy groups -OCH3 is 1. The molecule has 0 spiro atoms. The van der Waals surface area contributed by atoms with Gasteiger partial charge in [-0.25, -0.2) is 0 Å². The number of carbonyl (C=O) groups excluding carboxylic acids is 1. The number of hydrogen-bond donors (Lipinski definition) is 1. The van der Waals surface area contributed by atoms with Gasteiger partial charge in [-0.05, 0) is 41.8 Å². The van der Waals surface area contributed by atoms with Gasteiger partial charge in [-0.3, -0.25) is 10.1 Å². The normalized spacial score (nSPS) is 11.8. The lowest BCUT2D eigenvalue weighted by atomic mass is 9.96. The monoisotopic (exact) mass is 455 g/mol. The average Bonchev–Trinajstić information content (AvgIpc) is 3.42. The number of ether oxygens (including phenoxy) is 1. The molecule has 5 aromatic rings. The second-order valence-corrected chi connectivity index (χ2v) is 8.85. The third kappa shape index (κ3) is 3.99. The lowest BCUT2D eigenvalue weighted by Gasteiger charge is -2.10. The Hall–Kier alpha value is -3.97. The smallest absolute Gasteiger partial charge is 0.250 e. The van der Waals surface area contributed by atoms with Crippen molar-refractivity contribution in [1.82, 2.24) is 10.2 Å². The minimum absolute atomic E-state index is 0.271. The van der Waals surface area contributed by atoms with Gasteiger partial charge in [-0.2, -0.15) is 0 Å². The number of amides is 1. The van der Waals surface area contributed by atoms with Crippen molar-refractivity contribution < 1.29 is 13.9 Å². The Balaban J connectivity index is 1.58. The van der Waals surface area contributed by atoms with E-state index in [4.69, 9.17) is 9.15 Å². The van der Waals surface area contributed by atoms with Crippen LogP contribution in [0.3, 0.4) is 0 Å². The van der Waals surface area contributed by atoms with Crippen LogP contribution >= 0.6 is 11.3 Å². The van der Waals surface area contributed by atoms with E-state index in [2.05, 4.69) is 39.8 Å². The van der Waals surface area contributed by atoms with Crippen LogP contribution in [-0.2, 0) is 4.79 Å². The van der Waals surface area contributed by atoms with E-state index in [1.165, 1.54) is 17.4 Å². The Labute approximate surface area is 194 Å². The fourth-order valence-electron chi connectivity index (χ4n) is 3.96. The van der Waals surface area contributed by atoms with E-state index in [9.17, 15) is 4.79 Å². The van der Waals surface area contributed by atoms with Crippen LogP contribution < -0.4 is 10.1 Å². The summed E-state index contributed by atoms with van der Waals surface area (Å²) in [6.45, 7) is 3.72. The molecule has 0 aliphatic carbocycles. The van der Waals surface area contributed by atoms with Crippen molar-refractivity contribution in [3.8, 4) is 16.9 Å². The molecule has 0 aliphatic heterocycles. The molecule has 0 atom stereocenters. The SMILES string of the molecule is COc1cc2occ(-c3cccc4ccccc34)c2cc1/C(C)=C/C(=O)Nc1nnc(C)s1. The molecule has 1 N–H and O–H groups in total. The first kappa shape index (κ1) is 20.9. The van der Waals surface area contributed by atoms with E-state index >= 15 is 0 Å². The number of aromatic nitrogens is 2. The first-order chi connectivity index (χ1) is 16.0. The van der Waals surface area contributed by atoms with Crippen LogP contribution in [0.4, 0.5) is 5.13 Å². The van der Waals surface area contributed by atoms with Gasteiger partial charge < -0.3 is 9.15 Å². The van der Waals surface area contributed by atoms with Gasteiger partial charge in [0.15, 0.2) is 0 Å². The van der Waals surface area contributed by atoms with Crippen molar-refractivity contribution in [2.45, 2.75) is 13.8 Å². The molecule has 2 aromatic heterocycles. The van der Waals surface area contributed by atoms with Crippen molar-refractivity contribution in [2.24, 2.45) is 0 Å². The van der Waals surface area contributed by atoms with Gasteiger partial charge >= 0.3 is 0 Å². The van der Waals surface area contributed by atoms with Crippen LogP contribution in [0.1, 0.15) is 17.5 Å². The summed E-state index contributed by atoms with van der Waals surface area (Å²) in [6.07, 6.45) is 3.32. The minimum Gasteiger partial charge on any atom is -0.496 e. The molecule has 33 heavy (non-hydrogen) atoms. The number of fused-ring (bicyclic) bond motifs is 2. The van der Waals surface area contributed by atoms with E-state index in [1.54, 1.807) is 13.4 Å². The lowest BCUT2D eigenvalue weighted by Crippen LogP contribution is -2.08. The molecule has 0 saturated heterocycles. The molecule has 1 amide bonds. The number of carbonyl (C=O) groups is 1. The van der Waals surface area contributed by atoms with Crippen molar-refractivity contribution in [3.63, 3.8) is 0 Å². The number of allylic oxidation sites excluding steroid dienone is 1. The van der Waals surface area contributed by atoms with Gasteiger partial charge in [0, 0.05) is 28.7 Å². The minimum atomic E-state index is -0.271. The molecule has 0 unspecified atom stereocenters. The Kier molecular flexibility index (Phi) is 5.40. The number of aryl methyl sites for hydroxylation is 1. The Morgan fingerprint density at radius 1 is 1.06 bits per heavy atom. The summed E-state index contributed by atoms with van der Waals surface area (Å²) in [5, 5.41) is 15.2. The quantitative estimate of drug-likeness (QED) is 0.308. The molecule has 0 aliphatic rings. The van der Waals surface area contributed by atoms with E-state index in [1.807, 2.05) is 44.2 Å². The molecule has 164 valence electrons. The second kappa shape index (κ2) is 8.52. The number of anilines is 1. The van der Waals surface area contributed by atoms with E-state index in [0.717, 1.165) is 49.0 Å². The number of nitrogens with zero attached hydrogens (tertiary/aromatic N) is 2. The number of furan rings is 1. The standard InChI is InChI=1S/C26H21N3O3S/c1-15(11-25(30)27-26-29-28-16(2)33-26)20-12-21-22(14-32-24(21)13-23(20)31-3)19-10-6-8-17-7-4-5-9-18(17)19/h4-14H,1-3H3,(H,27,29,30)/b15-11+. The van der Waals surface area contributed by atoms with E-state index < -0.39 is 0 Å². The maximum absolute atomic E-state index is 12.5. The summed E-state index contributed by atoms with van der Waals surface area (Å²) >= 11 is 1.33. The molecule has 5 rings (SSSR count). The van der Waals surface area contributed by atoms with E-state index in [0.29, 0.717) is 10.9 Å². The first-order valence-corrected chi connectivity index (χ1v) is 11.2. The fraction of sp³-hybridized carbons (Fsp3) is 0.115. The van der Waals surface area contributed by atoms with Gasteiger partial charge in [0.05, 0.1) is 13.4 Å². The largest absolute Gasteiger partial charge is 0.496 e. The molecular formula is C26H21N3O3S. The number of benzene rings is 3. The van der Waals surface area contributed by atoms with Crippen LogP contribution in [0.15, 0.2) is 71.4 Å². The van der Waals surface area contributed by atoms with Crippen molar-refractivity contribution >= 4 is 49.7 Å². The van der Waals surface area contributed by atoms with Crippen LogP contribution in [-0.4, -0.2) is 23.2 Å². The maximum Gasteiger partial charge on any atom is 0.250 e. The average molecular weight is 456 g/mol. The zero-order valence-corrected chi connectivity index (χ0v) is 19.2. The van der Waals surface area contributed by atoms with Gasteiger partial charge in [0.1, 0.15) is 16.3 Å². The van der Waals surface area contributed by atoms with Gasteiger partial charge in [-0.1, -0.05) is 53.8 Å². The van der Waals surface area contributed by atoms with Crippen molar-refractivity contribution in [1.29, 1.82) is 0 Å². The summed E-state index contributed by atoms with van der Waals surface area (Å²) < 4.78 is 11.5. The molecule has 2 heterocycles. The highest BCUT2D eigenvalue weighted by Gasteiger charge is 2.16. The zero-order valence-electron chi connectivity index (χ0n) is 18.4. The number of nitrogens with one attached hydrogen (secondary N) is 1. The van der Waals surface area contributed by atoms with Crippen LogP contribution in [0.5, 0.6) is 5.75 Å². The molecule has 0 saturated carbocycles.